The lowest BCUT2D eigenvalue weighted by Gasteiger charge is -2.12. The third-order valence-electron chi connectivity index (χ3n) is 3.11. The quantitative estimate of drug-likeness (QED) is 0.592. The molecule has 100 valence electrons. The zero-order valence-corrected chi connectivity index (χ0v) is 10.4. The highest BCUT2D eigenvalue weighted by atomic mass is 16.2. The van der Waals surface area contributed by atoms with E-state index >= 15 is 0 Å². The van der Waals surface area contributed by atoms with Crippen molar-refractivity contribution < 1.29 is 14.4 Å². The maximum absolute atomic E-state index is 12.1. The fourth-order valence-corrected chi connectivity index (χ4v) is 2.12. The van der Waals surface area contributed by atoms with Crippen LogP contribution in [0.4, 0.5) is 0 Å². The van der Waals surface area contributed by atoms with Crippen LogP contribution in [-0.2, 0) is 6.54 Å². The van der Waals surface area contributed by atoms with Gasteiger partial charge in [-0.25, -0.2) is 0 Å². The number of rotatable bonds is 4. The molecule has 2 amide bonds. The van der Waals surface area contributed by atoms with E-state index in [1.54, 1.807) is 24.3 Å². The second kappa shape index (κ2) is 4.69. The average molecular weight is 270 g/mol. The minimum absolute atomic E-state index is 0.188. The minimum Gasteiger partial charge on any atom is -0.296 e. The molecule has 2 heterocycles. The molecule has 7 nitrogen and oxygen atoms in total. The number of carbonyl (C=O) groups excluding carboxylic acids is 3. The van der Waals surface area contributed by atoms with Crippen molar-refractivity contribution >= 4 is 18.1 Å². The van der Waals surface area contributed by atoms with Crippen LogP contribution in [0.3, 0.4) is 0 Å². The van der Waals surface area contributed by atoms with Crippen LogP contribution in [0.5, 0.6) is 0 Å². The number of fused-ring (bicyclic) bond motifs is 1. The van der Waals surface area contributed by atoms with Crippen LogP contribution in [0.15, 0.2) is 30.5 Å². The third-order valence-corrected chi connectivity index (χ3v) is 3.11. The Kier molecular flexibility index (Phi) is 2.86. The molecule has 1 aliphatic rings. The van der Waals surface area contributed by atoms with E-state index in [1.165, 1.54) is 15.8 Å². The van der Waals surface area contributed by atoms with E-state index in [4.69, 9.17) is 0 Å². The molecule has 0 fully saturated rings. The van der Waals surface area contributed by atoms with Crippen LogP contribution >= 0.6 is 0 Å². The number of hydrogen-bond donors (Lipinski definition) is 0. The first-order valence-electron chi connectivity index (χ1n) is 6.01. The van der Waals surface area contributed by atoms with Crippen molar-refractivity contribution in [3.05, 3.63) is 47.3 Å². The first-order chi connectivity index (χ1) is 9.70. The predicted octanol–water partition coefficient (Wildman–Crippen LogP) is 0.387. The highest BCUT2D eigenvalue weighted by Gasteiger charge is 2.34. The van der Waals surface area contributed by atoms with Crippen LogP contribution in [0.2, 0.25) is 0 Å². The Hall–Kier alpha value is -2.83. The van der Waals surface area contributed by atoms with E-state index < -0.39 is 0 Å². The lowest BCUT2D eigenvalue weighted by Crippen LogP contribution is -2.33. The molecule has 1 aromatic heterocycles. The lowest BCUT2D eigenvalue weighted by molar-refractivity contribution is 0.0647. The van der Waals surface area contributed by atoms with Crippen molar-refractivity contribution in [1.29, 1.82) is 0 Å². The summed E-state index contributed by atoms with van der Waals surface area (Å²) >= 11 is 0. The molecule has 0 aliphatic carbocycles. The summed E-state index contributed by atoms with van der Waals surface area (Å²) < 4.78 is 1.42. The van der Waals surface area contributed by atoms with Gasteiger partial charge in [0, 0.05) is 6.54 Å². The molecule has 1 aliphatic heterocycles. The number of nitrogens with zero attached hydrogens (tertiary/aromatic N) is 4. The summed E-state index contributed by atoms with van der Waals surface area (Å²) in [6.07, 6.45) is 2.05. The fourth-order valence-electron chi connectivity index (χ4n) is 2.12. The van der Waals surface area contributed by atoms with Crippen molar-refractivity contribution in [3.63, 3.8) is 0 Å². The summed E-state index contributed by atoms with van der Waals surface area (Å²) in [6.45, 7) is 0.486. The molecular weight excluding hydrogens is 260 g/mol. The standard InChI is InChI=1S/C13H10N4O3/c18-8-9-7-16(15-14-9)5-6-17-12(19)10-3-1-2-4-11(10)13(17)20/h1-4,7-8H,5-6H2. The summed E-state index contributed by atoms with van der Waals surface area (Å²) in [6, 6.07) is 6.72. The normalized spacial score (nSPS) is 13.7. The Morgan fingerprint density at radius 3 is 2.25 bits per heavy atom. The van der Waals surface area contributed by atoms with Gasteiger partial charge in [-0.15, -0.1) is 5.10 Å². The Labute approximate surface area is 113 Å². The molecule has 20 heavy (non-hydrogen) atoms. The van der Waals surface area contributed by atoms with Crippen LogP contribution in [0.1, 0.15) is 31.2 Å². The van der Waals surface area contributed by atoms with Gasteiger partial charge in [0.05, 0.1) is 23.9 Å². The lowest BCUT2D eigenvalue weighted by atomic mass is 10.1. The van der Waals surface area contributed by atoms with Crippen molar-refractivity contribution in [3.8, 4) is 0 Å². The average Bonchev–Trinajstić information content (AvgIpc) is 3.03. The van der Waals surface area contributed by atoms with Crippen LogP contribution in [-0.4, -0.2) is 44.5 Å². The summed E-state index contributed by atoms with van der Waals surface area (Å²) in [5, 5.41) is 7.35. The highest BCUT2D eigenvalue weighted by Crippen LogP contribution is 2.21. The van der Waals surface area contributed by atoms with Gasteiger partial charge in [0.1, 0.15) is 5.69 Å². The molecule has 0 saturated heterocycles. The van der Waals surface area contributed by atoms with Gasteiger partial charge in [-0.3, -0.25) is 24.0 Å². The monoisotopic (exact) mass is 270 g/mol. The Balaban J connectivity index is 1.75. The first kappa shape index (κ1) is 12.2. The smallest absolute Gasteiger partial charge is 0.261 e. The molecule has 0 atom stereocenters. The number of aromatic nitrogens is 3. The third kappa shape index (κ3) is 1.89. The second-order valence-electron chi connectivity index (χ2n) is 4.33. The van der Waals surface area contributed by atoms with Gasteiger partial charge in [0.15, 0.2) is 6.29 Å². The summed E-state index contributed by atoms with van der Waals surface area (Å²) in [5.41, 5.74) is 1.06. The van der Waals surface area contributed by atoms with E-state index in [-0.39, 0.29) is 24.1 Å². The zero-order chi connectivity index (χ0) is 14.1. The van der Waals surface area contributed by atoms with Crippen LogP contribution in [0, 0.1) is 0 Å². The molecule has 1 aromatic carbocycles. The van der Waals surface area contributed by atoms with Crippen molar-refractivity contribution in [1.82, 2.24) is 19.9 Å². The molecular formula is C13H10N4O3. The van der Waals surface area contributed by atoms with E-state index in [0.717, 1.165) is 0 Å². The van der Waals surface area contributed by atoms with Gasteiger partial charge in [-0.1, -0.05) is 17.3 Å². The van der Waals surface area contributed by atoms with Gasteiger partial charge >= 0.3 is 0 Å². The van der Waals surface area contributed by atoms with E-state index in [2.05, 4.69) is 10.3 Å². The van der Waals surface area contributed by atoms with Gasteiger partial charge in [0.2, 0.25) is 0 Å². The number of amides is 2. The number of hydrogen-bond acceptors (Lipinski definition) is 5. The SMILES string of the molecule is O=Cc1cn(CCN2C(=O)c3ccccc3C2=O)nn1. The van der Waals surface area contributed by atoms with E-state index in [9.17, 15) is 14.4 Å². The topological polar surface area (TPSA) is 85.2 Å². The Morgan fingerprint density at radius 1 is 1.05 bits per heavy atom. The first-order valence-corrected chi connectivity index (χ1v) is 6.01. The Morgan fingerprint density at radius 2 is 1.70 bits per heavy atom. The maximum atomic E-state index is 12.1. The maximum Gasteiger partial charge on any atom is 0.261 e. The number of benzene rings is 1. The molecule has 7 heteroatoms. The van der Waals surface area contributed by atoms with Crippen molar-refractivity contribution in [2.45, 2.75) is 6.54 Å². The molecule has 0 radical (unpaired) electrons. The molecule has 0 bridgehead atoms. The molecule has 0 spiro atoms. The number of imide groups is 1. The van der Waals surface area contributed by atoms with Crippen LogP contribution in [0.25, 0.3) is 0 Å². The summed E-state index contributed by atoms with van der Waals surface area (Å²) in [5.74, 6) is -0.609. The highest BCUT2D eigenvalue weighted by molar-refractivity contribution is 6.21. The molecule has 3 rings (SSSR count). The molecule has 0 saturated carbocycles. The molecule has 0 unspecified atom stereocenters. The van der Waals surface area contributed by atoms with E-state index in [1.807, 2.05) is 0 Å². The zero-order valence-electron chi connectivity index (χ0n) is 10.4. The molecule has 2 aromatic rings. The summed E-state index contributed by atoms with van der Waals surface area (Å²) in [7, 11) is 0. The molecule has 0 N–H and O–H groups in total. The number of aldehydes is 1. The van der Waals surface area contributed by atoms with Gasteiger partial charge in [-0.05, 0) is 12.1 Å². The van der Waals surface area contributed by atoms with Gasteiger partial charge in [0.25, 0.3) is 11.8 Å². The summed E-state index contributed by atoms with van der Waals surface area (Å²) in [4.78, 5) is 35.9. The fraction of sp³-hybridized carbons (Fsp3) is 0.154. The predicted molar refractivity (Wildman–Crippen MR) is 67.2 cm³/mol. The van der Waals surface area contributed by atoms with Crippen molar-refractivity contribution in [2.24, 2.45) is 0 Å². The minimum atomic E-state index is -0.304. The van der Waals surface area contributed by atoms with E-state index in [0.29, 0.717) is 24.0 Å². The van der Waals surface area contributed by atoms with Crippen molar-refractivity contribution in [2.75, 3.05) is 6.54 Å². The second-order valence-corrected chi connectivity index (χ2v) is 4.33. The number of carbonyl (C=O) groups is 3. The Bertz CT molecular complexity index is 672. The van der Waals surface area contributed by atoms with Gasteiger partial charge in [-0.2, -0.15) is 0 Å². The van der Waals surface area contributed by atoms with Crippen LogP contribution < -0.4 is 0 Å². The largest absolute Gasteiger partial charge is 0.296 e. The van der Waals surface area contributed by atoms with Gasteiger partial charge < -0.3 is 0 Å².